The highest BCUT2D eigenvalue weighted by molar-refractivity contribution is 5.39. The van der Waals surface area contributed by atoms with E-state index in [0.29, 0.717) is 6.04 Å². The van der Waals surface area contributed by atoms with Crippen LogP contribution in [0.5, 0.6) is 5.75 Å². The van der Waals surface area contributed by atoms with E-state index in [1.807, 2.05) is 0 Å². The van der Waals surface area contributed by atoms with Gasteiger partial charge in [-0.05, 0) is 44.7 Å². The Kier molecular flexibility index (Phi) is 5.47. The van der Waals surface area contributed by atoms with Gasteiger partial charge in [0.25, 0.3) is 0 Å². The first-order valence-electron chi connectivity index (χ1n) is 8.14. The Bertz CT molecular complexity index is 429. The van der Waals surface area contributed by atoms with Gasteiger partial charge >= 0.3 is 0 Å². The average molecular weight is 275 g/mol. The lowest BCUT2D eigenvalue weighted by Gasteiger charge is -2.30. The van der Waals surface area contributed by atoms with Gasteiger partial charge < -0.3 is 10.1 Å². The van der Waals surface area contributed by atoms with Crippen LogP contribution >= 0.6 is 0 Å². The van der Waals surface area contributed by atoms with Crippen molar-refractivity contribution in [1.29, 1.82) is 0 Å². The summed E-state index contributed by atoms with van der Waals surface area (Å²) in [7, 11) is 0. The van der Waals surface area contributed by atoms with E-state index in [4.69, 9.17) is 4.74 Å². The van der Waals surface area contributed by atoms with Crippen molar-refractivity contribution in [3.63, 3.8) is 0 Å². The number of ether oxygens (including phenoxy) is 1. The largest absolute Gasteiger partial charge is 0.494 e. The van der Waals surface area contributed by atoms with Crippen molar-refractivity contribution < 1.29 is 4.74 Å². The molecule has 112 valence electrons. The number of aryl methyl sites for hydroxylation is 1. The van der Waals surface area contributed by atoms with Gasteiger partial charge in [0.2, 0.25) is 0 Å². The third kappa shape index (κ3) is 3.35. The van der Waals surface area contributed by atoms with Crippen molar-refractivity contribution >= 4 is 0 Å². The molecule has 1 aliphatic rings. The van der Waals surface area contributed by atoms with Crippen LogP contribution in [0.1, 0.15) is 57.2 Å². The first-order chi connectivity index (χ1) is 9.67. The Morgan fingerprint density at radius 2 is 2.10 bits per heavy atom. The molecule has 3 atom stereocenters. The molecule has 0 radical (unpaired) electrons. The minimum Gasteiger partial charge on any atom is -0.494 e. The highest BCUT2D eigenvalue weighted by atomic mass is 16.5. The Hall–Kier alpha value is -1.02. The molecule has 2 rings (SSSR count). The fraction of sp³-hybridized carbons (Fsp3) is 0.667. The lowest BCUT2D eigenvalue weighted by molar-refractivity contribution is 0.285. The van der Waals surface area contributed by atoms with Crippen LogP contribution in [0.15, 0.2) is 18.2 Å². The van der Waals surface area contributed by atoms with Crippen LogP contribution in [0.25, 0.3) is 0 Å². The van der Waals surface area contributed by atoms with Gasteiger partial charge in [0.1, 0.15) is 5.75 Å². The summed E-state index contributed by atoms with van der Waals surface area (Å²) in [6.45, 7) is 10.6. The molecule has 1 aliphatic carbocycles. The molecule has 0 amide bonds. The quantitative estimate of drug-likeness (QED) is 0.826. The van der Waals surface area contributed by atoms with Crippen LogP contribution in [0.4, 0.5) is 0 Å². The molecule has 0 heterocycles. The monoisotopic (exact) mass is 275 g/mol. The molecule has 0 aromatic heterocycles. The molecule has 0 bridgehead atoms. The number of rotatable bonds is 6. The number of nitrogens with one attached hydrogen (secondary N) is 1. The first kappa shape index (κ1) is 15.4. The molecular weight excluding hydrogens is 246 g/mol. The molecule has 0 aliphatic heterocycles. The minimum atomic E-state index is 0.430. The highest BCUT2D eigenvalue weighted by Crippen LogP contribution is 2.42. The SMILES string of the molecule is CCNC(c1cc(C)ccc1OCC)C1CCCC1C. The molecule has 3 unspecified atom stereocenters. The molecule has 2 heteroatoms. The maximum atomic E-state index is 5.87. The molecular formula is C18H29NO. The lowest BCUT2D eigenvalue weighted by Crippen LogP contribution is -2.30. The average Bonchev–Trinajstić information content (AvgIpc) is 2.85. The fourth-order valence-electron chi connectivity index (χ4n) is 3.58. The number of benzene rings is 1. The van der Waals surface area contributed by atoms with E-state index in [1.165, 1.54) is 30.4 Å². The Labute approximate surface area is 123 Å². The zero-order valence-electron chi connectivity index (χ0n) is 13.4. The summed E-state index contributed by atoms with van der Waals surface area (Å²) in [6.07, 6.45) is 4.06. The van der Waals surface area contributed by atoms with Crippen LogP contribution in [-0.4, -0.2) is 13.2 Å². The van der Waals surface area contributed by atoms with Crippen LogP contribution in [0, 0.1) is 18.8 Å². The summed E-state index contributed by atoms with van der Waals surface area (Å²) in [5.74, 6) is 2.59. The van der Waals surface area contributed by atoms with E-state index in [-0.39, 0.29) is 0 Å². The fourth-order valence-corrected chi connectivity index (χ4v) is 3.58. The standard InChI is InChI=1S/C18H29NO/c1-5-19-18(15-9-7-8-14(15)4)16-12-13(3)10-11-17(16)20-6-2/h10-12,14-15,18-19H,5-9H2,1-4H3. The maximum absolute atomic E-state index is 5.87. The first-order valence-corrected chi connectivity index (χ1v) is 8.14. The van der Waals surface area contributed by atoms with Crippen LogP contribution in [-0.2, 0) is 0 Å². The van der Waals surface area contributed by atoms with Gasteiger partial charge in [-0.2, -0.15) is 0 Å². The molecule has 0 saturated heterocycles. The summed E-state index contributed by atoms with van der Waals surface area (Å²) >= 11 is 0. The normalized spacial score (nSPS) is 23.8. The second-order valence-electron chi connectivity index (χ2n) is 6.08. The Balaban J connectivity index is 2.34. The topological polar surface area (TPSA) is 21.3 Å². The van der Waals surface area contributed by atoms with Crippen LogP contribution in [0.2, 0.25) is 0 Å². The zero-order valence-corrected chi connectivity index (χ0v) is 13.4. The van der Waals surface area contributed by atoms with E-state index in [2.05, 4.69) is 51.2 Å². The van der Waals surface area contributed by atoms with Gasteiger partial charge in [0.15, 0.2) is 0 Å². The van der Waals surface area contributed by atoms with Gasteiger partial charge in [0.05, 0.1) is 6.61 Å². The molecule has 2 nitrogen and oxygen atoms in total. The second-order valence-corrected chi connectivity index (χ2v) is 6.08. The molecule has 1 N–H and O–H groups in total. The predicted octanol–water partition coefficient (Wildman–Crippen LogP) is 4.48. The van der Waals surface area contributed by atoms with E-state index >= 15 is 0 Å². The van der Waals surface area contributed by atoms with Gasteiger partial charge in [-0.1, -0.05) is 44.4 Å². The second kappa shape index (κ2) is 7.12. The zero-order chi connectivity index (χ0) is 14.5. The van der Waals surface area contributed by atoms with Gasteiger partial charge in [-0.15, -0.1) is 0 Å². The molecule has 20 heavy (non-hydrogen) atoms. The smallest absolute Gasteiger partial charge is 0.124 e. The summed E-state index contributed by atoms with van der Waals surface area (Å²) in [4.78, 5) is 0. The molecule has 1 fully saturated rings. The lowest BCUT2D eigenvalue weighted by atomic mass is 9.85. The summed E-state index contributed by atoms with van der Waals surface area (Å²) < 4.78 is 5.87. The maximum Gasteiger partial charge on any atom is 0.124 e. The molecule has 1 aromatic rings. The van der Waals surface area contributed by atoms with E-state index < -0.39 is 0 Å². The van der Waals surface area contributed by atoms with Crippen LogP contribution < -0.4 is 10.1 Å². The summed E-state index contributed by atoms with van der Waals surface area (Å²) in [5, 5.41) is 3.72. The molecule has 1 aromatic carbocycles. The van der Waals surface area contributed by atoms with E-state index in [1.54, 1.807) is 0 Å². The van der Waals surface area contributed by atoms with Gasteiger partial charge in [-0.25, -0.2) is 0 Å². The Morgan fingerprint density at radius 3 is 2.70 bits per heavy atom. The number of hydrogen-bond donors (Lipinski definition) is 1. The Morgan fingerprint density at radius 1 is 1.30 bits per heavy atom. The predicted molar refractivity (Wildman–Crippen MR) is 85.3 cm³/mol. The van der Waals surface area contributed by atoms with Gasteiger partial charge in [-0.3, -0.25) is 0 Å². The highest BCUT2D eigenvalue weighted by Gasteiger charge is 2.32. The van der Waals surface area contributed by atoms with Crippen molar-refractivity contribution in [1.82, 2.24) is 5.32 Å². The van der Waals surface area contributed by atoms with Gasteiger partial charge in [0, 0.05) is 11.6 Å². The van der Waals surface area contributed by atoms with E-state index in [9.17, 15) is 0 Å². The van der Waals surface area contributed by atoms with Crippen molar-refractivity contribution in [2.24, 2.45) is 11.8 Å². The third-order valence-electron chi connectivity index (χ3n) is 4.58. The van der Waals surface area contributed by atoms with Crippen molar-refractivity contribution in [2.45, 2.75) is 53.0 Å². The van der Waals surface area contributed by atoms with Crippen LogP contribution in [0.3, 0.4) is 0 Å². The number of hydrogen-bond acceptors (Lipinski definition) is 2. The van der Waals surface area contributed by atoms with E-state index in [0.717, 1.165) is 30.7 Å². The third-order valence-corrected chi connectivity index (χ3v) is 4.58. The van der Waals surface area contributed by atoms with Crippen molar-refractivity contribution in [3.05, 3.63) is 29.3 Å². The summed E-state index contributed by atoms with van der Waals surface area (Å²) in [5.41, 5.74) is 2.67. The van der Waals surface area contributed by atoms with Crippen molar-refractivity contribution in [2.75, 3.05) is 13.2 Å². The minimum absolute atomic E-state index is 0.430. The molecule has 1 saturated carbocycles. The molecule has 0 spiro atoms. The summed E-state index contributed by atoms with van der Waals surface area (Å²) in [6, 6.07) is 7.02. The van der Waals surface area contributed by atoms with Crippen molar-refractivity contribution in [3.8, 4) is 5.75 Å².